The molecule has 0 amide bonds. The van der Waals surface area contributed by atoms with Crippen LogP contribution in [0.25, 0.3) is 16.9 Å². The summed E-state index contributed by atoms with van der Waals surface area (Å²) in [4.78, 5) is 8.10. The summed E-state index contributed by atoms with van der Waals surface area (Å²) in [6, 6.07) is 7.28. The molecule has 1 aromatic carbocycles. The first-order valence-corrected chi connectivity index (χ1v) is 5.89. The third kappa shape index (κ3) is 1.97. The summed E-state index contributed by atoms with van der Waals surface area (Å²) in [7, 11) is 17.4. The lowest BCUT2D eigenvalue weighted by Gasteiger charge is -2.23. The Morgan fingerprint density at radius 3 is 2.60 bits per heavy atom. The van der Waals surface area contributed by atoms with Gasteiger partial charge in [-0.25, -0.2) is 14.5 Å². The van der Waals surface area contributed by atoms with E-state index >= 15 is 0 Å². The number of benzene rings is 1. The predicted octanol–water partition coefficient (Wildman–Crippen LogP) is -0.0107. The van der Waals surface area contributed by atoms with Crippen LogP contribution in [0.1, 0.15) is 5.56 Å². The zero-order valence-corrected chi connectivity index (χ0v) is 10.6. The number of hydrogen-bond donors (Lipinski definition) is 1. The molecule has 0 saturated carbocycles. The molecular weight excluding hydrogens is 247 g/mol. The highest BCUT2D eigenvalue weighted by atomic mass is 15.3. The van der Waals surface area contributed by atoms with E-state index in [0.717, 1.165) is 5.56 Å². The van der Waals surface area contributed by atoms with Crippen molar-refractivity contribution >= 4 is 35.0 Å². The molecule has 8 heteroatoms. The van der Waals surface area contributed by atoms with E-state index < -0.39 is 5.11 Å². The number of imidazole rings is 1. The van der Waals surface area contributed by atoms with Crippen molar-refractivity contribution in [1.82, 2.24) is 19.6 Å². The average molecular weight is 255 g/mol. The topological polar surface area (TPSA) is 69.1 Å². The van der Waals surface area contributed by atoms with Gasteiger partial charge in [0, 0.05) is 5.56 Å². The molecule has 0 atom stereocenters. The number of anilines is 1. The highest BCUT2D eigenvalue weighted by Crippen LogP contribution is 2.29. The van der Waals surface area contributed by atoms with Crippen molar-refractivity contribution in [3.05, 3.63) is 42.4 Å². The summed E-state index contributed by atoms with van der Waals surface area (Å²) in [6.07, 6.45) is 2.99. The minimum absolute atomic E-state index is 0.295. The lowest BCUT2D eigenvalue weighted by atomic mass is 9.39. The maximum atomic E-state index is 5.81. The van der Waals surface area contributed by atoms with Crippen LogP contribution in [0.5, 0.6) is 0 Å². The number of nitrogens with zero attached hydrogens (tertiary/aromatic N) is 4. The van der Waals surface area contributed by atoms with Crippen molar-refractivity contribution in [3.8, 4) is 11.3 Å². The Balaban J connectivity index is 2.30. The molecule has 2 N–H and O–H groups in total. The van der Waals surface area contributed by atoms with Gasteiger partial charge in [0.2, 0.25) is 0 Å². The molecule has 3 rings (SSSR count). The number of rotatable bonds is 2. The van der Waals surface area contributed by atoms with Crippen molar-refractivity contribution in [2.75, 3.05) is 5.73 Å². The minimum atomic E-state index is -1.46. The van der Waals surface area contributed by atoms with E-state index in [1.54, 1.807) is 16.8 Å². The van der Waals surface area contributed by atoms with Crippen LogP contribution in [0.3, 0.4) is 0 Å². The van der Waals surface area contributed by atoms with Gasteiger partial charge in [-0.3, -0.25) is 0 Å². The maximum Gasteiger partial charge on any atom is 0.197 e. The van der Waals surface area contributed by atoms with E-state index in [2.05, 4.69) is 15.1 Å². The monoisotopic (exact) mass is 255 g/mol. The molecule has 0 aliphatic heterocycles. The first-order chi connectivity index (χ1) is 9.48. The lowest BCUT2D eigenvalue weighted by molar-refractivity contribution is 0.907. The van der Waals surface area contributed by atoms with E-state index in [4.69, 9.17) is 29.3 Å². The summed E-state index contributed by atoms with van der Waals surface area (Å²) in [5, 5.41) is 2.68. The Kier molecular flexibility index (Phi) is 2.81. The van der Waals surface area contributed by atoms with Crippen LogP contribution in [0.15, 0.2) is 36.8 Å². The molecule has 2 heterocycles. The van der Waals surface area contributed by atoms with Crippen LogP contribution in [0.4, 0.5) is 5.82 Å². The third-order valence-corrected chi connectivity index (χ3v) is 3.00. The number of nitrogen functional groups attached to an aromatic ring is 1. The molecule has 0 aliphatic rings. The van der Waals surface area contributed by atoms with Gasteiger partial charge in [-0.2, -0.15) is 5.10 Å². The number of nitrogens with two attached hydrogens (primary N) is 1. The molecule has 0 spiro atoms. The number of hydrogen-bond acceptors (Lipinski definition) is 4. The molecule has 0 saturated heterocycles. The Morgan fingerprint density at radius 1 is 1.10 bits per heavy atom. The SMILES string of the molecule is [B]C([B])([B])c1ccccc1-c1cnc2c(N)ncnn12. The van der Waals surface area contributed by atoms with Crippen LogP contribution in [0.2, 0.25) is 0 Å². The molecule has 3 aromatic rings. The molecule has 6 radical (unpaired) electrons. The molecule has 0 fully saturated rings. The fourth-order valence-electron chi connectivity index (χ4n) is 2.10. The molecule has 0 bridgehead atoms. The molecule has 20 heavy (non-hydrogen) atoms. The lowest BCUT2D eigenvalue weighted by Crippen LogP contribution is -2.27. The first kappa shape index (κ1) is 12.8. The van der Waals surface area contributed by atoms with Crippen molar-refractivity contribution < 1.29 is 0 Å². The fraction of sp³-hybridized carbons (Fsp3) is 0.0833. The third-order valence-electron chi connectivity index (χ3n) is 3.00. The van der Waals surface area contributed by atoms with Crippen molar-refractivity contribution in [2.24, 2.45) is 0 Å². The van der Waals surface area contributed by atoms with Crippen LogP contribution < -0.4 is 5.73 Å². The second-order valence-corrected chi connectivity index (χ2v) is 4.50. The minimum Gasteiger partial charge on any atom is -0.381 e. The van der Waals surface area contributed by atoms with Crippen molar-refractivity contribution in [2.45, 2.75) is 5.11 Å². The van der Waals surface area contributed by atoms with E-state index in [0.29, 0.717) is 22.7 Å². The van der Waals surface area contributed by atoms with Gasteiger partial charge < -0.3 is 5.73 Å². The van der Waals surface area contributed by atoms with Crippen LogP contribution in [-0.2, 0) is 5.11 Å². The normalized spacial score (nSPS) is 11.8. The summed E-state index contributed by atoms with van der Waals surface area (Å²) in [5.41, 5.74) is 8.24. The highest BCUT2D eigenvalue weighted by Gasteiger charge is 2.19. The Bertz CT molecular complexity index is 778. The van der Waals surface area contributed by atoms with Gasteiger partial charge in [0.1, 0.15) is 6.33 Å². The Hall–Kier alpha value is -2.24. The summed E-state index contributed by atoms with van der Waals surface area (Å²) >= 11 is 0. The molecule has 0 aliphatic carbocycles. The second-order valence-electron chi connectivity index (χ2n) is 4.50. The fourth-order valence-corrected chi connectivity index (χ4v) is 2.10. The van der Waals surface area contributed by atoms with Gasteiger partial charge in [0.15, 0.2) is 11.5 Å². The zero-order chi connectivity index (χ0) is 14.3. The van der Waals surface area contributed by atoms with Gasteiger partial charge in [0.05, 0.1) is 35.4 Å². The molecule has 90 valence electrons. The molecule has 5 nitrogen and oxygen atoms in total. The average Bonchev–Trinajstić information content (AvgIpc) is 2.83. The summed E-state index contributed by atoms with van der Waals surface area (Å²) in [6.45, 7) is 0. The summed E-state index contributed by atoms with van der Waals surface area (Å²) in [5.74, 6) is 0.295. The van der Waals surface area contributed by atoms with E-state index in [1.165, 1.54) is 6.33 Å². The largest absolute Gasteiger partial charge is 0.381 e. The highest BCUT2D eigenvalue weighted by molar-refractivity contribution is 6.59. The molecular formula is C12H8B3N5. The second kappa shape index (κ2) is 4.40. The van der Waals surface area contributed by atoms with Crippen molar-refractivity contribution in [3.63, 3.8) is 0 Å². The predicted molar refractivity (Wildman–Crippen MR) is 79.6 cm³/mol. The van der Waals surface area contributed by atoms with Crippen molar-refractivity contribution in [1.29, 1.82) is 0 Å². The van der Waals surface area contributed by atoms with Gasteiger partial charge in [0.25, 0.3) is 0 Å². The Morgan fingerprint density at radius 2 is 1.85 bits per heavy atom. The van der Waals surface area contributed by atoms with E-state index in [-0.39, 0.29) is 0 Å². The Labute approximate surface area is 119 Å². The van der Waals surface area contributed by atoms with Gasteiger partial charge in [-0.05, 0) is 0 Å². The summed E-state index contributed by atoms with van der Waals surface area (Å²) < 4.78 is 1.58. The maximum absolute atomic E-state index is 5.81. The van der Waals surface area contributed by atoms with Crippen LogP contribution >= 0.6 is 0 Å². The van der Waals surface area contributed by atoms with E-state index in [9.17, 15) is 0 Å². The zero-order valence-electron chi connectivity index (χ0n) is 10.6. The van der Waals surface area contributed by atoms with Crippen LogP contribution in [0, 0.1) is 0 Å². The standard InChI is InChI=1S/C12H8B3N5/c13-12(14,15)8-4-2-1-3-7(8)9-5-17-11-10(16)18-6-19-20(9)11/h1-6H,(H2,16,18,19). The quantitative estimate of drug-likeness (QED) is 0.653. The number of aromatic nitrogens is 4. The van der Waals surface area contributed by atoms with Gasteiger partial charge >= 0.3 is 0 Å². The smallest absolute Gasteiger partial charge is 0.197 e. The van der Waals surface area contributed by atoms with Gasteiger partial charge in [-0.1, -0.05) is 29.8 Å². The molecule has 0 unspecified atom stereocenters. The van der Waals surface area contributed by atoms with E-state index in [1.807, 2.05) is 18.2 Å². The van der Waals surface area contributed by atoms with Gasteiger partial charge in [-0.15, -0.1) is 5.11 Å². The molecule has 2 aromatic heterocycles. The van der Waals surface area contributed by atoms with Crippen LogP contribution in [-0.4, -0.2) is 43.1 Å². The first-order valence-electron chi connectivity index (χ1n) is 5.89. The number of fused-ring (bicyclic) bond motifs is 1.